The van der Waals surface area contributed by atoms with E-state index >= 15 is 0 Å². The van der Waals surface area contributed by atoms with Gasteiger partial charge in [0.05, 0.1) is 19.2 Å². The third-order valence-corrected chi connectivity index (χ3v) is 5.73. The molecule has 3 aromatic carbocycles. The lowest BCUT2D eigenvalue weighted by Crippen LogP contribution is -2.31. The molecule has 2 aliphatic rings. The molecule has 2 atom stereocenters. The molecule has 3 aromatic rings. The van der Waals surface area contributed by atoms with Crippen LogP contribution in [0, 0.1) is 0 Å². The number of fused-ring (bicyclic) bond motifs is 5. The quantitative estimate of drug-likeness (QED) is 0.544. The van der Waals surface area contributed by atoms with Gasteiger partial charge < -0.3 is 4.74 Å². The summed E-state index contributed by atoms with van der Waals surface area (Å²) < 4.78 is 5.17. The molecular formula is C26H21NO2. The number of hydrogen-bond acceptors (Lipinski definition) is 2. The van der Waals surface area contributed by atoms with Crippen molar-refractivity contribution < 1.29 is 9.53 Å². The summed E-state index contributed by atoms with van der Waals surface area (Å²) in [6, 6.07) is 28.7. The topological polar surface area (TPSA) is 29.5 Å². The van der Waals surface area contributed by atoms with E-state index < -0.39 is 0 Å². The molecule has 0 saturated carbocycles. The smallest absolute Gasteiger partial charge is 0.411 e. The van der Waals surface area contributed by atoms with Crippen molar-refractivity contribution in [2.45, 2.75) is 12.1 Å². The van der Waals surface area contributed by atoms with E-state index in [0.29, 0.717) is 0 Å². The fourth-order valence-electron chi connectivity index (χ4n) is 4.43. The van der Waals surface area contributed by atoms with Gasteiger partial charge in [-0.05, 0) is 45.6 Å². The summed E-state index contributed by atoms with van der Waals surface area (Å²) in [5.74, 6) is 0. The first-order valence-electron chi connectivity index (χ1n) is 9.78. The van der Waals surface area contributed by atoms with E-state index in [1.54, 1.807) is 0 Å². The van der Waals surface area contributed by atoms with Crippen LogP contribution < -0.4 is 0 Å². The highest BCUT2D eigenvalue weighted by molar-refractivity contribution is 6.06. The molecule has 0 saturated heterocycles. The zero-order valence-electron chi connectivity index (χ0n) is 16.2. The van der Waals surface area contributed by atoms with Gasteiger partial charge in [-0.3, -0.25) is 4.90 Å². The maximum atomic E-state index is 12.8. The molecule has 2 bridgehead atoms. The maximum absolute atomic E-state index is 12.8. The molecule has 0 N–H and O–H groups in total. The van der Waals surface area contributed by atoms with Crippen LogP contribution in [0.5, 0.6) is 0 Å². The molecule has 1 amide bonds. The van der Waals surface area contributed by atoms with Gasteiger partial charge in [0, 0.05) is 0 Å². The Labute approximate surface area is 170 Å². The van der Waals surface area contributed by atoms with Gasteiger partial charge in [-0.25, -0.2) is 4.79 Å². The molecule has 2 aliphatic heterocycles. The second-order valence-electron chi connectivity index (χ2n) is 7.29. The van der Waals surface area contributed by atoms with Gasteiger partial charge in [0.2, 0.25) is 0 Å². The predicted octanol–water partition coefficient (Wildman–Crippen LogP) is 6.03. The Morgan fingerprint density at radius 2 is 1.10 bits per heavy atom. The van der Waals surface area contributed by atoms with Crippen LogP contribution in [0.25, 0.3) is 11.1 Å². The summed E-state index contributed by atoms with van der Waals surface area (Å²) in [7, 11) is 1.45. The lowest BCUT2D eigenvalue weighted by Gasteiger charge is -2.25. The Morgan fingerprint density at radius 1 is 0.690 bits per heavy atom. The van der Waals surface area contributed by atoms with Crippen molar-refractivity contribution in [2.75, 3.05) is 7.11 Å². The summed E-state index contributed by atoms with van der Waals surface area (Å²) in [6.45, 7) is 0. The highest BCUT2D eigenvalue weighted by Crippen LogP contribution is 2.50. The average molecular weight is 379 g/mol. The fourth-order valence-corrected chi connectivity index (χ4v) is 4.43. The van der Waals surface area contributed by atoms with Crippen molar-refractivity contribution in [3.05, 3.63) is 119 Å². The van der Waals surface area contributed by atoms with E-state index in [1.807, 2.05) is 53.4 Å². The van der Waals surface area contributed by atoms with Crippen molar-refractivity contribution in [1.29, 1.82) is 0 Å². The maximum Gasteiger partial charge on any atom is 0.411 e. The minimum Gasteiger partial charge on any atom is -0.453 e. The van der Waals surface area contributed by atoms with Crippen molar-refractivity contribution in [3.63, 3.8) is 0 Å². The molecule has 3 nitrogen and oxygen atoms in total. The van der Waals surface area contributed by atoms with E-state index in [1.165, 1.54) is 7.11 Å². The van der Waals surface area contributed by atoms with Crippen molar-refractivity contribution in [3.8, 4) is 0 Å². The van der Waals surface area contributed by atoms with Gasteiger partial charge in [0.15, 0.2) is 0 Å². The van der Waals surface area contributed by atoms with Crippen LogP contribution in [0.15, 0.2) is 97.1 Å². The van der Waals surface area contributed by atoms with Crippen LogP contribution in [0.1, 0.15) is 34.3 Å². The number of allylic oxidation sites excluding steroid dienone is 2. The molecular weight excluding hydrogens is 358 g/mol. The van der Waals surface area contributed by atoms with Gasteiger partial charge >= 0.3 is 6.09 Å². The SMILES string of the molecule is COC(=O)N1[C@@H]2C=C(c3ccccc3)C(c3ccccc3)=C[C@H]1c1ccccc12. The number of nitrogens with zero attached hydrogens (tertiary/aromatic N) is 1. The van der Waals surface area contributed by atoms with Gasteiger partial charge in [-0.2, -0.15) is 0 Å². The second kappa shape index (κ2) is 7.10. The Bertz CT molecular complexity index is 1030. The number of carbonyl (C=O) groups excluding carboxylic acids is 1. The standard InChI is InChI=1S/C26H21NO2/c1-29-26(28)27-24-16-22(18-10-4-2-5-11-18)23(19-12-6-3-7-13-19)17-25(27)21-15-9-8-14-20(21)24/h2-17,24-25H,1H3/t24-,25+. The lowest BCUT2D eigenvalue weighted by molar-refractivity contribution is 0.109. The summed E-state index contributed by atoms with van der Waals surface area (Å²) in [5, 5.41) is 0. The number of methoxy groups -OCH3 is 1. The zero-order chi connectivity index (χ0) is 19.8. The average Bonchev–Trinajstić information content (AvgIpc) is 2.97. The monoisotopic (exact) mass is 379 g/mol. The number of amides is 1. The van der Waals surface area contributed by atoms with Crippen molar-refractivity contribution in [1.82, 2.24) is 4.90 Å². The summed E-state index contributed by atoms with van der Waals surface area (Å²) in [6.07, 6.45) is 4.10. The Morgan fingerprint density at radius 3 is 1.52 bits per heavy atom. The summed E-state index contributed by atoms with van der Waals surface area (Å²) in [4.78, 5) is 14.6. The number of hydrogen-bond donors (Lipinski definition) is 0. The van der Waals surface area contributed by atoms with Crippen LogP contribution in [-0.2, 0) is 4.74 Å². The molecule has 0 unspecified atom stereocenters. The molecule has 5 rings (SSSR count). The second-order valence-corrected chi connectivity index (χ2v) is 7.29. The first-order chi connectivity index (χ1) is 14.3. The van der Waals surface area contributed by atoms with Crippen molar-refractivity contribution in [2.24, 2.45) is 0 Å². The van der Waals surface area contributed by atoms with E-state index in [2.05, 4.69) is 48.6 Å². The molecule has 0 aromatic heterocycles. The minimum absolute atomic E-state index is 0.170. The number of rotatable bonds is 2. The number of carbonyl (C=O) groups is 1. The Hall–Kier alpha value is -3.59. The number of benzene rings is 3. The first-order valence-corrected chi connectivity index (χ1v) is 9.78. The van der Waals surface area contributed by atoms with Crippen LogP contribution in [0.2, 0.25) is 0 Å². The first kappa shape index (κ1) is 17.5. The van der Waals surface area contributed by atoms with Crippen LogP contribution in [-0.4, -0.2) is 18.1 Å². The van der Waals surface area contributed by atoms with Gasteiger partial charge in [-0.15, -0.1) is 0 Å². The molecule has 142 valence electrons. The van der Waals surface area contributed by atoms with E-state index in [-0.39, 0.29) is 18.2 Å². The Balaban J connectivity index is 1.78. The summed E-state index contributed by atoms with van der Waals surface area (Å²) >= 11 is 0. The third-order valence-electron chi connectivity index (χ3n) is 5.73. The van der Waals surface area contributed by atoms with E-state index in [4.69, 9.17) is 4.74 Å². The zero-order valence-corrected chi connectivity index (χ0v) is 16.2. The molecule has 29 heavy (non-hydrogen) atoms. The predicted molar refractivity (Wildman–Crippen MR) is 115 cm³/mol. The van der Waals surface area contributed by atoms with Crippen LogP contribution in [0.3, 0.4) is 0 Å². The van der Waals surface area contributed by atoms with Crippen molar-refractivity contribution >= 4 is 17.2 Å². The lowest BCUT2D eigenvalue weighted by atomic mass is 9.87. The van der Waals surface area contributed by atoms with Crippen LogP contribution >= 0.6 is 0 Å². The Kier molecular flexibility index (Phi) is 4.28. The largest absolute Gasteiger partial charge is 0.453 e. The molecule has 0 radical (unpaired) electrons. The van der Waals surface area contributed by atoms with Gasteiger partial charge in [0.25, 0.3) is 0 Å². The fraction of sp³-hybridized carbons (Fsp3) is 0.115. The highest BCUT2D eigenvalue weighted by atomic mass is 16.5. The normalized spacial score (nSPS) is 19.7. The number of ether oxygens (including phenoxy) is 1. The molecule has 3 heteroatoms. The van der Waals surface area contributed by atoms with Gasteiger partial charge in [-0.1, -0.05) is 84.9 Å². The summed E-state index contributed by atoms with van der Waals surface area (Å²) in [5.41, 5.74) is 6.84. The van der Waals surface area contributed by atoms with E-state index in [9.17, 15) is 4.79 Å². The molecule has 2 heterocycles. The minimum atomic E-state index is -0.314. The highest BCUT2D eigenvalue weighted by Gasteiger charge is 2.42. The molecule has 0 aliphatic carbocycles. The van der Waals surface area contributed by atoms with E-state index in [0.717, 1.165) is 33.4 Å². The molecule has 0 spiro atoms. The third kappa shape index (κ3) is 2.87. The van der Waals surface area contributed by atoms with Gasteiger partial charge in [0.1, 0.15) is 0 Å². The van der Waals surface area contributed by atoms with Crippen LogP contribution in [0.4, 0.5) is 4.79 Å². The molecule has 0 fully saturated rings.